The molecule has 1 saturated heterocycles. The molecule has 2 aromatic rings. The number of carbonyl (C=O) groups excluding carboxylic acids is 1. The Morgan fingerprint density at radius 3 is 2.31 bits per heavy atom. The number of alkyl halides is 3. The number of rotatable bonds is 6. The number of sulfonamides is 1. The molecule has 0 N–H and O–H groups in total. The third-order valence-corrected chi connectivity index (χ3v) is 8.20. The normalized spacial score (nSPS) is 16.2. The zero-order valence-corrected chi connectivity index (χ0v) is 19.4. The van der Waals surface area contributed by atoms with Crippen LogP contribution in [0.15, 0.2) is 58.3 Å². The van der Waals surface area contributed by atoms with Gasteiger partial charge < -0.3 is 4.90 Å². The third-order valence-electron chi connectivity index (χ3n) is 5.56. The van der Waals surface area contributed by atoms with Crippen molar-refractivity contribution in [2.24, 2.45) is 5.92 Å². The molecule has 0 aromatic heterocycles. The summed E-state index contributed by atoms with van der Waals surface area (Å²) in [4.78, 5) is 15.2. The Hall–Kier alpha value is -2.04. The summed E-state index contributed by atoms with van der Waals surface area (Å²) in [5.74, 6) is -0.381. The molecule has 174 valence electrons. The van der Waals surface area contributed by atoms with Crippen LogP contribution in [0.5, 0.6) is 0 Å². The van der Waals surface area contributed by atoms with Gasteiger partial charge in [-0.25, -0.2) is 8.42 Å². The molecule has 1 heterocycles. The summed E-state index contributed by atoms with van der Waals surface area (Å²) in [6.07, 6.45) is -1.98. The van der Waals surface area contributed by atoms with Crippen molar-refractivity contribution in [1.29, 1.82) is 0 Å². The van der Waals surface area contributed by atoms with Gasteiger partial charge in [0, 0.05) is 37.5 Å². The molecule has 0 atom stereocenters. The number of amides is 1. The second kappa shape index (κ2) is 9.84. The van der Waals surface area contributed by atoms with Crippen molar-refractivity contribution in [3.63, 3.8) is 0 Å². The molecule has 0 unspecified atom stereocenters. The number of hydrogen-bond donors (Lipinski definition) is 0. The standard InChI is InChI=1S/C22H25F3N2O3S2/c1-26(15-16-6-8-19(31-2)9-7-16)21(28)17-10-12-27(13-11-17)32(29,30)20-5-3-4-18(14-20)22(23,24)25/h3-9,14,17H,10-13,15H2,1-2H3. The summed E-state index contributed by atoms with van der Waals surface area (Å²) in [7, 11) is -2.34. The zero-order chi connectivity index (χ0) is 23.5. The SMILES string of the molecule is CSc1ccc(CN(C)C(=O)C2CCN(S(=O)(=O)c3cccc(C(F)(F)F)c3)CC2)cc1. The fourth-order valence-electron chi connectivity index (χ4n) is 3.72. The van der Waals surface area contributed by atoms with Crippen molar-refractivity contribution in [3.8, 4) is 0 Å². The molecule has 0 spiro atoms. The van der Waals surface area contributed by atoms with Gasteiger partial charge >= 0.3 is 6.18 Å². The number of nitrogens with zero attached hydrogens (tertiary/aromatic N) is 2. The van der Waals surface area contributed by atoms with E-state index in [4.69, 9.17) is 0 Å². The number of benzene rings is 2. The van der Waals surface area contributed by atoms with E-state index in [1.54, 1.807) is 23.7 Å². The van der Waals surface area contributed by atoms with E-state index in [-0.39, 0.29) is 29.8 Å². The zero-order valence-electron chi connectivity index (χ0n) is 17.8. The topological polar surface area (TPSA) is 57.7 Å². The van der Waals surface area contributed by atoms with Crippen LogP contribution in [0.25, 0.3) is 0 Å². The summed E-state index contributed by atoms with van der Waals surface area (Å²) < 4.78 is 65.7. The van der Waals surface area contributed by atoms with Crippen molar-refractivity contribution in [3.05, 3.63) is 59.7 Å². The van der Waals surface area contributed by atoms with Crippen LogP contribution in [0, 0.1) is 5.92 Å². The van der Waals surface area contributed by atoms with Crippen LogP contribution in [0.1, 0.15) is 24.0 Å². The van der Waals surface area contributed by atoms with Gasteiger partial charge in [0.15, 0.2) is 0 Å². The van der Waals surface area contributed by atoms with Crippen LogP contribution in [0.4, 0.5) is 13.2 Å². The smallest absolute Gasteiger partial charge is 0.341 e. The predicted octanol–water partition coefficient (Wildman–Crippen LogP) is 4.49. The molecule has 1 fully saturated rings. The first kappa shape index (κ1) is 24.6. The highest BCUT2D eigenvalue weighted by atomic mass is 32.2. The average molecular weight is 487 g/mol. The second-order valence-electron chi connectivity index (χ2n) is 7.75. The maximum Gasteiger partial charge on any atom is 0.416 e. The van der Waals surface area contributed by atoms with Gasteiger partial charge in [-0.15, -0.1) is 11.8 Å². The first-order valence-corrected chi connectivity index (χ1v) is 12.7. The van der Waals surface area contributed by atoms with Crippen LogP contribution in [0.2, 0.25) is 0 Å². The fourth-order valence-corrected chi connectivity index (χ4v) is 5.64. The van der Waals surface area contributed by atoms with Crippen LogP contribution in [-0.2, 0) is 27.5 Å². The second-order valence-corrected chi connectivity index (χ2v) is 10.6. The van der Waals surface area contributed by atoms with Crippen LogP contribution < -0.4 is 0 Å². The highest BCUT2D eigenvalue weighted by Crippen LogP contribution is 2.32. The lowest BCUT2D eigenvalue weighted by Gasteiger charge is -2.32. The van der Waals surface area contributed by atoms with Gasteiger partial charge in [0.2, 0.25) is 15.9 Å². The number of hydrogen-bond acceptors (Lipinski definition) is 4. The highest BCUT2D eigenvalue weighted by molar-refractivity contribution is 7.98. The van der Waals surface area contributed by atoms with Gasteiger partial charge in [-0.05, 0) is 55.0 Å². The van der Waals surface area contributed by atoms with Crippen molar-refractivity contribution < 1.29 is 26.4 Å². The van der Waals surface area contributed by atoms with Crippen molar-refractivity contribution in [2.45, 2.75) is 35.4 Å². The summed E-state index contributed by atoms with van der Waals surface area (Å²) in [6.45, 7) is 0.632. The minimum Gasteiger partial charge on any atom is -0.341 e. The molecule has 0 saturated carbocycles. The summed E-state index contributed by atoms with van der Waals surface area (Å²) in [6, 6.07) is 11.7. The van der Waals surface area contributed by atoms with Crippen LogP contribution in [-0.4, -0.2) is 49.9 Å². The van der Waals surface area contributed by atoms with Gasteiger partial charge in [-0.2, -0.15) is 17.5 Å². The van der Waals surface area contributed by atoms with Gasteiger partial charge in [-0.3, -0.25) is 4.79 Å². The number of halogens is 3. The first-order chi connectivity index (χ1) is 15.0. The molecule has 5 nitrogen and oxygen atoms in total. The van der Waals surface area contributed by atoms with E-state index in [0.29, 0.717) is 25.5 Å². The Labute approximate surface area is 190 Å². The Morgan fingerprint density at radius 2 is 1.75 bits per heavy atom. The molecule has 32 heavy (non-hydrogen) atoms. The molecule has 3 rings (SSSR count). The molecule has 0 bridgehead atoms. The molecule has 1 amide bonds. The minimum absolute atomic E-state index is 0.0601. The van der Waals surface area contributed by atoms with Gasteiger partial charge in [-0.1, -0.05) is 18.2 Å². The van der Waals surface area contributed by atoms with Crippen LogP contribution in [0.3, 0.4) is 0 Å². The van der Waals surface area contributed by atoms with Crippen molar-refractivity contribution >= 4 is 27.7 Å². The highest BCUT2D eigenvalue weighted by Gasteiger charge is 2.35. The summed E-state index contributed by atoms with van der Waals surface area (Å²) in [5, 5.41) is 0. The molecular weight excluding hydrogens is 461 g/mol. The lowest BCUT2D eigenvalue weighted by molar-refractivity contribution is -0.138. The van der Waals surface area contributed by atoms with E-state index in [2.05, 4.69) is 0 Å². The number of thioether (sulfide) groups is 1. The lowest BCUT2D eigenvalue weighted by Crippen LogP contribution is -2.43. The van der Waals surface area contributed by atoms with E-state index < -0.39 is 21.8 Å². The molecule has 0 aliphatic carbocycles. The van der Waals surface area contributed by atoms with E-state index in [0.717, 1.165) is 33.0 Å². The van der Waals surface area contributed by atoms with E-state index >= 15 is 0 Å². The van der Waals surface area contributed by atoms with Crippen LogP contribution >= 0.6 is 11.8 Å². The molecule has 1 aliphatic heterocycles. The Morgan fingerprint density at radius 1 is 1.12 bits per heavy atom. The molecule has 0 radical (unpaired) electrons. The van der Waals surface area contributed by atoms with Gasteiger partial charge in [0.1, 0.15) is 0 Å². The lowest BCUT2D eigenvalue weighted by atomic mass is 9.96. The minimum atomic E-state index is -4.62. The van der Waals surface area contributed by atoms with Gasteiger partial charge in [0.25, 0.3) is 0 Å². The van der Waals surface area contributed by atoms with E-state index in [1.165, 1.54) is 0 Å². The quantitative estimate of drug-likeness (QED) is 0.565. The Balaban J connectivity index is 1.61. The maximum absolute atomic E-state index is 13.0. The van der Waals surface area contributed by atoms with Crippen molar-refractivity contribution in [2.75, 3.05) is 26.4 Å². The summed E-state index contributed by atoms with van der Waals surface area (Å²) in [5.41, 5.74) is -0.000892. The Kier molecular flexibility index (Phi) is 7.57. The average Bonchev–Trinajstić information content (AvgIpc) is 2.78. The van der Waals surface area contributed by atoms with Gasteiger partial charge in [0.05, 0.1) is 10.5 Å². The predicted molar refractivity (Wildman–Crippen MR) is 118 cm³/mol. The maximum atomic E-state index is 13.0. The van der Waals surface area contributed by atoms with Crippen molar-refractivity contribution in [1.82, 2.24) is 9.21 Å². The monoisotopic (exact) mass is 486 g/mol. The first-order valence-electron chi connectivity index (χ1n) is 10.1. The fraction of sp³-hybridized carbons (Fsp3) is 0.409. The Bertz CT molecular complexity index is 1050. The largest absolute Gasteiger partial charge is 0.416 e. The number of piperidine rings is 1. The van der Waals surface area contributed by atoms with E-state index in [9.17, 15) is 26.4 Å². The molecular formula is C22H25F3N2O3S2. The number of carbonyl (C=O) groups is 1. The molecule has 10 heteroatoms. The molecule has 2 aromatic carbocycles. The summed E-state index contributed by atoms with van der Waals surface area (Å²) >= 11 is 1.64. The van der Waals surface area contributed by atoms with E-state index in [1.807, 2.05) is 30.5 Å². The molecule has 1 aliphatic rings. The third kappa shape index (κ3) is 5.65.